The summed E-state index contributed by atoms with van der Waals surface area (Å²) in [6.07, 6.45) is 5.24. The van der Waals surface area contributed by atoms with Crippen molar-refractivity contribution in [3.8, 4) is 0 Å². The molecule has 146 valence electrons. The van der Waals surface area contributed by atoms with Crippen LogP contribution in [0.5, 0.6) is 0 Å². The second-order valence-electron chi connectivity index (χ2n) is 7.89. The Balaban J connectivity index is 1.38. The van der Waals surface area contributed by atoms with Gasteiger partial charge in [0.15, 0.2) is 0 Å². The van der Waals surface area contributed by atoms with E-state index in [2.05, 4.69) is 17.5 Å². The van der Waals surface area contributed by atoms with Crippen LogP contribution in [0.15, 0.2) is 60.7 Å². The summed E-state index contributed by atoms with van der Waals surface area (Å²) in [6.45, 7) is 0. The number of carbonyl (C=O) groups is 3. The Labute approximate surface area is 173 Å². The van der Waals surface area contributed by atoms with E-state index in [0.29, 0.717) is 16.4 Å². The number of allylic oxidation sites excluding steroid dienone is 2. The molecule has 4 atom stereocenters. The summed E-state index contributed by atoms with van der Waals surface area (Å²) in [5.41, 5.74) is 1.73. The number of nitrogens with zero attached hydrogens (tertiary/aromatic N) is 1. The number of benzene rings is 2. The lowest BCUT2D eigenvalue weighted by molar-refractivity contribution is -0.123. The van der Waals surface area contributed by atoms with Crippen molar-refractivity contribution in [2.45, 2.75) is 12.8 Å². The molecular weight excluding hydrogens is 388 g/mol. The average Bonchev–Trinajstić information content (AvgIpc) is 3.38. The number of halogens is 1. The summed E-state index contributed by atoms with van der Waals surface area (Å²) < 4.78 is 0. The molecule has 1 saturated carbocycles. The highest BCUT2D eigenvalue weighted by Crippen LogP contribution is 2.53. The van der Waals surface area contributed by atoms with Gasteiger partial charge in [0, 0.05) is 0 Å². The molecule has 1 aliphatic heterocycles. The average molecular weight is 407 g/mol. The van der Waals surface area contributed by atoms with Crippen LogP contribution in [0, 0.1) is 23.7 Å². The lowest BCUT2D eigenvalue weighted by Gasteiger charge is -2.19. The van der Waals surface area contributed by atoms with Crippen molar-refractivity contribution >= 4 is 40.7 Å². The van der Waals surface area contributed by atoms with Crippen molar-refractivity contribution in [3.05, 3.63) is 71.3 Å². The fraction of sp³-hybridized carbons (Fsp3) is 0.261. The van der Waals surface area contributed by atoms with Gasteiger partial charge in [-0.3, -0.25) is 14.4 Å². The first-order valence-corrected chi connectivity index (χ1v) is 10.1. The topological polar surface area (TPSA) is 66.5 Å². The molecule has 0 spiro atoms. The Kier molecular flexibility index (Phi) is 4.28. The van der Waals surface area contributed by atoms with Crippen LogP contribution < -0.4 is 10.2 Å². The number of fused-ring (bicyclic) bond motifs is 5. The van der Waals surface area contributed by atoms with Crippen LogP contribution in [0.4, 0.5) is 11.4 Å². The number of hydrogen-bond acceptors (Lipinski definition) is 3. The molecule has 6 heteroatoms. The highest BCUT2D eigenvalue weighted by molar-refractivity contribution is 6.34. The normalized spacial score (nSPS) is 26.9. The van der Waals surface area contributed by atoms with E-state index in [0.717, 1.165) is 12.0 Å². The summed E-state index contributed by atoms with van der Waals surface area (Å²) in [5.74, 6) is -0.726. The molecule has 29 heavy (non-hydrogen) atoms. The SMILES string of the molecule is O=C(Cc1ccccc1)Nc1cc(N2C(=O)[C@@H]3[C@H](C2=O)[C@H]2C=C[C@@H]3C2)ccc1Cl. The molecule has 3 aliphatic rings. The number of amides is 3. The smallest absolute Gasteiger partial charge is 0.238 e. The van der Waals surface area contributed by atoms with Gasteiger partial charge in [0.2, 0.25) is 17.7 Å². The summed E-state index contributed by atoms with van der Waals surface area (Å²) in [5, 5.41) is 3.16. The van der Waals surface area contributed by atoms with Gasteiger partial charge in [-0.2, -0.15) is 0 Å². The molecule has 0 aromatic heterocycles. The van der Waals surface area contributed by atoms with Crippen molar-refractivity contribution in [2.75, 3.05) is 10.2 Å². The minimum absolute atomic E-state index is 0.152. The van der Waals surface area contributed by atoms with Crippen molar-refractivity contribution in [1.82, 2.24) is 0 Å². The third-order valence-corrected chi connectivity index (χ3v) is 6.49. The molecule has 3 amide bonds. The number of nitrogens with one attached hydrogen (secondary N) is 1. The molecule has 1 N–H and O–H groups in total. The van der Waals surface area contributed by atoms with Crippen LogP contribution in [0.2, 0.25) is 5.02 Å². The first kappa shape index (κ1) is 18.1. The van der Waals surface area contributed by atoms with E-state index in [9.17, 15) is 14.4 Å². The number of carbonyl (C=O) groups excluding carboxylic acids is 3. The lowest BCUT2D eigenvalue weighted by Crippen LogP contribution is -2.32. The third-order valence-electron chi connectivity index (χ3n) is 6.16. The van der Waals surface area contributed by atoms with Crippen LogP contribution in [-0.4, -0.2) is 17.7 Å². The zero-order valence-electron chi connectivity index (χ0n) is 15.5. The van der Waals surface area contributed by atoms with Gasteiger partial charge >= 0.3 is 0 Å². The maximum absolute atomic E-state index is 13.0. The number of anilines is 2. The molecule has 1 heterocycles. The zero-order valence-corrected chi connectivity index (χ0v) is 16.3. The van der Waals surface area contributed by atoms with Crippen LogP contribution >= 0.6 is 11.6 Å². The van der Waals surface area contributed by atoms with E-state index in [4.69, 9.17) is 11.6 Å². The summed E-state index contributed by atoms with van der Waals surface area (Å²) >= 11 is 6.26. The summed E-state index contributed by atoms with van der Waals surface area (Å²) in [7, 11) is 0. The second kappa shape index (κ2) is 6.85. The number of rotatable bonds is 4. The summed E-state index contributed by atoms with van der Waals surface area (Å²) in [6, 6.07) is 14.3. The fourth-order valence-electron chi connectivity index (χ4n) is 4.88. The van der Waals surface area contributed by atoms with Gasteiger partial charge in [-0.25, -0.2) is 4.90 Å². The Bertz CT molecular complexity index is 1020. The fourth-order valence-corrected chi connectivity index (χ4v) is 5.05. The number of hydrogen-bond donors (Lipinski definition) is 1. The van der Waals surface area contributed by atoms with Gasteiger partial charge in [-0.05, 0) is 42.0 Å². The molecule has 2 aromatic carbocycles. The van der Waals surface area contributed by atoms with Gasteiger partial charge < -0.3 is 5.32 Å². The molecule has 5 nitrogen and oxygen atoms in total. The molecule has 1 saturated heterocycles. The van der Waals surface area contributed by atoms with Crippen LogP contribution in [-0.2, 0) is 20.8 Å². The first-order valence-electron chi connectivity index (χ1n) is 9.72. The monoisotopic (exact) mass is 406 g/mol. The molecule has 2 aliphatic carbocycles. The Morgan fingerprint density at radius 2 is 1.66 bits per heavy atom. The van der Waals surface area contributed by atoms with Crippen molar-refractivity contribution in [2.24, 2.45) is 23.7 Å². The molecule has 2 bridgehead atoms. The maximum atomic E-state index is 13.0. The van der Waals surface area contributed by atoms with Gasteiger partial charge in [0.05, 0.1) is 34.7 Å². The van der Waals surface area contributed by atoms with Gasteiger partial charge in [-0.1, -0.05) is 54.1 Å². The lowest BCUT2D eigenvalue weighted by atomic mass is 9.85. The molecule has 5 rings (SSSR count). The zero-order chi connectivity index (χ0) is 20.1. The highest BCUT2D eigenvalue weighted by Gasteiger charge is 2.59. The van der Waals surface area contributed by atoms with E-state index in [1.54, 1.807) is 18.2 Å². The Morgan fingerprint density at radius 3 is 2.31 bits per heavy atom. The molecule has 0 radical (unpaired) electrons. The second-order valence-corrected chi connectivity index (χ2v) is 8.29. The predicted molar refractivity (Wildman–Crippen MR) is 110 cm³/mol. The molecular formula is C23H19ClN2O3. The number of imide groups is 1. The minimum Gasteiger partial charge on any atom is -0.324 e. The van der Waals surface area contributed by atoms with Crippen LogP contribution in [0.25, 0.3) is 0 Å². The standard InChI is InChI=1S/C23H19ClN2O3/c24-17-9-8-16(12-18(17)25-19(27)10-13-4-2-1-3-5-13)26-22(28)20-14-6-7-15(11-14)21(20)23(26)29/h1-9,12,14-15,20-21H,10-11H2,(H,25,27)/t14-,15+,20+,21-. The van der Waals surface area contributed by atoms with Crippen molar-refractivity contribution in [1.29, 1.82) is 0 Å². The van der Waals surface area contributed by atoms with Crippen molar-refractivity contribution < 1.29 is 14.4 Å². The molecule has 0 unspecified atom stereocenters. The van der Waals surface area contributed by atoms with Gasteiger partial charge in [0.25, 0.3) is 0 Å². The molecule has 2 fully saturated rings. The largest absolute Gasteiger partial charge is 0.324 e. The van der Waals surface area contributed by atoms with E-state index in [1.807, 2.05) is 30.3 Å². The van der Waals surface area contributed by atoms with Crippen molar-refractivity contribution in [3.63, 3.8) is 0 Å². The van der Waals surface area contributed by atoms with Gasteiger partial charge in [-0.15, -0.1) is 0 Å². The Hall–Kier alpha value is -2.92. The Morgan fingerprint density at radius 1 is 1.00 bits per heavy atom. The third kappa shape index (κ3) is 2.97. The maximum Gasteiger partial charge on any atom is 0.238 e. The highest BCUT2D eigenvalue weighted by atomic mass is 35.5. The van der Waals surface area contributed by atoms with E-state index in [-0.39, 0.29) is 47.8 Å². The molecule has 2 aromatic rings. The predicted octanol–water partition coefficient (Wildman–Crippen LogP) is 3.83. The van der Waals surface area contributed by atoms with Gasteiger partial charge in [0.1, 0.15) is 0 Å². The van der Waals surface area contributed by atoms with E-state index in [1.165, 1.54) is 4.90 Å². The quantitative estimate of drug-likeness (QED) is 0.619. The first-order chi connectivity index (χ1) is 14.0. The summed E-state index contributed by atoms with van der Waals surface area (Å²) in [4.78, 5) is 39.7. The minimum atomic E-state index is -0.260. The van der Waals surface area contributed by atoms with E-state index >= 15 is 0 Å². The van der Waals surface area contributed by atoms with Crippen LogP contribution in [0.3, 0.4) is 0 Å². The van der Waals surface area contributed by atoms with E-state index < -0.39 is 0 Å². The van der Waals surface area contributed by atoms with Crippen LogP contribution in [0.1, 0.15) is 12.0 Å².